The van der Waals surface area contributed by atoms with E-state index in [4.69, 9.17) is 16.3 Å². The minimum Gasteiger partial charge on any atom is -0.464 e. The van der Waals surface area contributed by atoms with Crippen molar-refractivity contribution in [2.75, 3.05) is 18.5 Å². The number of H-pyrrole nitrogens is 1. The molecule has 2 aromatic heterocycles. The fourth-order valence-corrected chi connectivity index (χ4v) is 2.45. The molecule has 0 radical (unpaired) electrons. The van der Waals surface area contributed by atoms with Gasteiger partial charge >= 0.3 is 5.97 Å². The number of anilines is 1. The molecule has 2 rings (SSSR count). The molecule has 0 aliphatic heterocycles. The van der Waals surface area contributed by atoms with Crippen LogP contribution in [0.3, 0.4) is 0 Å². The highest BCUT2D eigenvalue weighted by Gasteiger charge is 2.13. The summed E-state index contributed by atoms with van der Waals surface area (Å²) in [7, 11) is 0. The Morgan fingerprint density at radius 1 is 1.35 bits per heavy atom. The summed E-state index contributed by atoms with van der Waals surface area (Å²) in [6.45, 7) is 6.15. The summed E-state index contributed by atoms with van der Waals surface area (Å²) in [6.07, 6.45) is 3.61. The van der Waals surface area contributed by atoms with Gasteiger partial charge in [0.25, 0.3) is 5.91 Å². The standard InChI is InChI=1S/C18H23ClN4O3/c1-4-17(24)26-6-5-20-18(25)15-7-12(9-21-15)13-8-16(23-11(2)3)22-10-14(13)19/h7-11,21H,4-6H2,1-3H3,(H,20,25)(H,22,23). The van der Waals surface area contributed by atoms with Crippen LogP contribution in [0.2, 0.25) is 5.02 Å². The van der Waals surface area contributed by atoms with Crippen LogP contribution in [0.25, 0.3) is 11.1 Å². The van der Waals surface area contributed by atoms with E-state index < -0.39 is 0 Å². The van der Waals surface area contributed by atoms with Gasteiger partial charge in [-0.15, -0.1) is 0 Å². The zero-order valence-electron chi connectivity index (χ0n) is 15.1. The highest BCUT2D eigenvalue weighted by Crippen LogP contribution is 2.30. The van der Waals surface area contributed by atoms with Crippen LogP contribution in [0, 0.1) is 0 Å². The molecule has 26 heavy (non-hydrogen) atoms. The number of carbonyl (C=O) groups excluding carboxylic acids is 2. The van der Waals surface area contributed by atoms with Crippen LogP contribution in [-0.2, 0) is 9.53 Å². The molecular weight excluding hydrogens is 356 g/mol. The van der Waals surface area contributed by atoms with E-state index in [2.05, 4.69) is 20.6 Å². The molecule has 2 aromatic rings. The first-order valence-electron chi connectivity index (χ1n) is 8.45. The molecule has 3 N–H and O–H groups in total. The smallest absolute Gasteiger partial charge is 0.305 e. The lowest BCUT2D eigenvalue weighted by Crippen LogP contribution is -2.28. The molecule has 0 aliphatic carbocycles. The Bertz CT molecular complexity index is 774. The number of ether oxygens (including phenoxy) is 1. The zero-order chi connectivity index (χ0) is 19.1. The van der Waals surface area contributed by atoms with Crippen molar-refractivity contribution in [3.8, 4) is 11.1 Å². The molecule has 0 bridgehead atoms. The number of rotatable bonds is 8. The maximum atomic E-state index is 12.2. The quantitative estimate of drug-likeness (QED) is 0.484. The number of nitrogens with one attached hydrogen (secondary N) is 3. The predicted molar refractivity (Wildman–Crippen MR) is 101 cm³/mol. The van der Waals surface area contributed by atoms with Gasteiger partial charge in [0, 0.05) is 36.0 Å². The van der Waals surface area contributed by atoms with Crippen molar-refractivity contribution in [3.05, 3.63) is 35.2 Å². The van der Waals surface area contributed by atoms with E-state index in [1.807, 2.05) is 19.9 Å². The van der Waals surface area contributed by atoms with Crippen molar-refractivity contribution in [3.63, 3.8) is 0 Å². The summed E-state index contributed by atoms with van der Waals surface area (Å²) >= 11 is 6.25. The lowest BCUT2D eigenvalue weighted by Gasteiger charge is -2.10. The van der Waals surface area contributed by atoms with Crippen molar-refractivity contribution in [1.82, 2.24) is 15.3 Å². The molecule has 2 heterocycles. The van der Waals surface area contributed by atoms with Gasteiger partial charge in [-0.2, -0.15) is 0 Å². The van der Waals surface area contributed by atoms with Crippen molar-refractivity contribution in [1.29, 1.82) is 0 Å². The molecule has 8 heteroatoms. The summed E-state index contributed by atoms with van der Waals surface area (Å²) in [5, 5.41) is 6.41. The zero-order valence-corrected chi connectivity index (χ0v) is 15.8. The third-order valence-electron chi connectivity index (χ3n) is 3.47. The van der Waals surface area contributed by atoms with Gasteiger partial charge in [-0.25, -0.2) is 4.98 Å². The van der Waals surface area contributed by atoms with E-state index in [0.717, 1.165) is 11.1 Å². The van der Waals surface area contributed by atoms with Crippen molar-refractivity contribution >= 4 is 29.3 Å². The Labute approximate surface area is 157 Å². The Kier molecular flexibility index (Phi) is 7.03. The average Bonchev–Trinajstić information content (AvgIpc) is 3.09. The first-order chi connectivity index (χ1) is 12.4. The maximum absolute atomic E-state index is 12.2. The summed E-state index contributed by atoms with van der Waals surface area (Å²) in [6, 6.07) is 3.80. The molecule has 0 saturated heterocycles. The number of amides is 1. The van der Waals surface area contributed by atoms with E-state index in [9.17, 15) is 9.59 Å². The minimum atomic E-state index is -0.292. The topological polar surface area (TPSA) is 96.1 Å². The second-order valence-corrected chi connectivity index (χ2v) is 6.39. The van der Waals surface area contributed by atoms with Crippen molar-refractivity contribution < 1.29 is 14.3 Å². The molecule has 0 spiro atoms. The average molecular weight is 379 g/mol. The number of hydrogen-bond acceptors (Lipinski definition) is 5. The van der Waals surface area contributed by atoms with Crippen LogP contribution in [0.5, 0.6) is 0 Å². The lowest BCUT2D eigenvalue weighted by atomic mass is 10.1. The number of carbonyl (C=O) groups is 2. The molecule has 0 saturated carbocycles. The van der Waals surface area contributed by atoms with Crippen molar-refractivity contribution in [2.24, 2.45) is 0 Å². The SMILES string of the molecule is CCC(=O)OCCNC(=O)c1cc(-c2cc(NC(C)C)ncc2Cl)c[nH]1. The summed E-state index contributed by atoms with van der Waals surface area (Å²) < 4.78 is 4.92. The first-order valence-corrected chi connectivity index (χ1v) is 8.83. The Morgan fingerprint density at radius 3 is 2.81 bits per heavy atom. The third-order valence-corrected chi connectivity index (χ3v) is 3.77. The Morgan fingerprint density at radius 2 is 2.12 bits per heavy atom. The van der Waals surface area contributed by atoms with Gasteiger partial charge < -0.3 is 20.4 Å². The Hall–Kier alpha value is -2.54. The van der Waals surface area contributed by atoms with Gasteiger partial charge in [0.05, 0.1) is 11.6 Å². The molecule has 0 atom stereocenters. The predicted octanol–water partition coefficient (Wildman–Crippen LogP) is 3.23. The molecule has 0 fully saturated rings. The summed E-state index contributed by atoms with van der Waals surface area (Å²) in [5.74, 6) is 0.137. The second-order valence-electron chi connectivity index (χ2n) is 5.98. The normalized spacial score (nSPS) is 10.7. The van der Waals surface area contributed by atoms with Crippen molar-refractivity contribution in [2.45, 2.75) is 33.2 Å². The van der Waals surface area contributed by atoms with E-state index in [1.165, 1.54) is 0 Å². The van der Waals surface area contributed by atoms with Gasteiger partial charge in [-0.1, -0.05) is 18.5 Å². The van der Waals surface area contributed by atoms with Gasteiger partial charge in [-0.3, -0.25) is 9.59 Å². The van der Waals surface area contributed by atoms with Gasteiger partial charge in [0.15, 0.2) is 0 Å². The molecular formula is C18H23ClN4O3. The van der Waals surface area contributed by atoms with Crippen LogP contribution in [0.1, 0.15) is 37.7 Å². The minimum absolute atomic E-state index is 0.145. The molecule has 0 unspecified atom stereocenters. The van der Waals surface area contributed by atoms with Gasteiger partial charge in [-0.05, 0) is 26.0 Å². The highest BCUT2D eigenvalue weighted by atomic mass is 35.5. The van der Waals surface area contributed by atoms with Crippen LogP contribution < -0.4 is 10.6 Å². The molecule has 1 amide bonds. The van der Waals surface area contributed by atoms with Crippen LogP contribution in [0.15, 0.2) is 24.5 Å². The number of esters is 1. The van der Waals surface area contributed by atoms with E-state index in [-0.39, 0.29) is 31.1 Å². The second kappa shape index (κ2) is 9.24. The maximum Gasteiger partial charge on any atom is 0.305 e. The number of aromatic amines is 1. The number of pyridine rings is 1. The number of halogens is 1. The monoisotopic (exact) mass is 378 g/mol. The third kappa shape index (κ3) is 5.49. The van der Waals surface area contributed by atoms with E-state index >= 15 is 0 Å². The van der Waals surface area contributed by atoms with E-state index in [1.54, 1.807) is 25.4 Å². The number of aromatic nitrogens is 2. The van der Waals surface area contributed by atoms with Crippen LogP contribution >= 0.6 is 11.6 Å². The van der Waals surface area contributed by atoms with Crippen LogP contribution in [0.4, 0.5) is 5.82 Å². The Balaban J connectivity index is 2.02. The number of nitrogens with zero attached hydrogens (tertiary/aromatic N) is 1. The first kappa shape index (κ1) is 19.8. The summed E-state index contributed by atoms with van der Waals surface area (Å²) in [4.78, 5) is 30.4. The molecule has 0 aromatic carbocycles. The molecule has 140 valence electrons. The van der Waals surface area contributed by atoms with E-state index in [0.29, 0.717) is 23.0 Å². The largest absolute Gasteiger partial charge is 0.464 e. The lowest BCUT2D eigenvalue weighted by molar-refractivity contribution is -0.143. The van der Waals surface area contributed by atoms with Crippen LogP contribution in [-0.4, -0.2) is 41.0 Å². The molecule has 7 nitrogen and oxygen atoms in total. The summed E-state index contributed by atoms with van der Waals surface area (Å²) in [5.41, 5.74) is 1.96. The fourth-order valence-electron chi connectivity index (χ4n) is 2.24. The fraction of sp³-hybridized carbons (Fsp3) is 0.389. The van der Waals surface area contributed by atoms with Gasteiger partial charge in [0.1, 0.15) is 18.1 Å². The number of hydrogen-bond donors (Lipinski definition) is 3. The molecule has 0 aliphatic rings. The van der Waals surface area contributed by atoms with Gasteiger partial charge in [0.2, 0.25) is 0 Å². The highest BCUT2D eigenvalue weighted by molar-refractivity contribution is 6.33.